The highest BCUT2D eigenvalue weighted by atomic mass is 16.4. The van der Waals surface area contributed by atoms with Gasteiger partial charge in [0, 0.05) is 27.1 Å². The molecule has 0 fully saturated rings. The molecule has 0 aliphatic heterocycles. The van der Waals surface area contributed by atoms with Gasteiger partial charge in [-0.2, -0.15) is 0 Å². The van der Waals surface area contributed by atoms with Crippen molar-refractivity contribution in [1.82, 2.24) is 10.2 Å². The van der Waals surface area contributed by atoms with Gasteiger partial charge in [-0.05, 0) is 6.92 Å². The van der Waals surface area contributed by atoms with Crippen molar-refractivity contribution in [2.24, 2.45) is 0 Å². The Hall–Kier alpha value is -1.10. The Morgan fingerprint density at radius 3 is 2.38 bits per heavy atom. The number of nitrogens with one attached hydrogen (secondary N) is 1. The molecule has 0 aromatic rings. The molecule has 0 saturated carbocycles. The summed E-state index contributed by atoms with van der Waals surface area (Å²) < 4.78 is 0. The molecule has 0 saturated heterocycles. The van der Waals surface area contributed by atoms with E-state index in [1.165, 1.54) is 4.90 Å². The molecule has 1 unspecified atom stereocenters. The lowest BCUT2D eigenvalue weighted by atomic mass is 10.3. The molecule has 5 heteroatoms. The van der Waals surface area contributed by atoms with Crippen LogP contribution in [0, 0.1) is 0 Å². The molecule has 0 radical (unpaired) electrons. The van der Waals surface area contributed by atoms with Crippen molar-refractivity contribution >= 4 is 11.9 Å². The second kappa shape index (κ2) is 5.53. The molecular formula is C8H16N2O3. The van der Waals surface area contributed by atoms with E-state index < -0.39 is 12.0 Å². The number of carbonyl (C=O) groups is 2. The number of carboxylic acid groups (broad SMARTS) is 1. The molecule has 2 N–H and O–H groups in total. The summed E-state index contributed by atoms with van der Waals surface area (Å²) in [7, 11) is 3.34. The van der Waals surface area contributed by atoms with E-state index in [0.717, 1.165) is 0 Å². The third-order valence-electron chi connectivity index (χ3n) is 1.66. The summed E-state index contributed by atoms with van der Waals surface area (Å²) in [6.07, 6.45) is 0.324. The molecule has 0 aliphatic carbocycles. The van der Waals surface area contributed by atoms with Crippen LogP contribution >= 0.6 is 0 Å². The molecule has 0 aromatic heterocycles. The summed E-state index contributed by atoms with van der Waals surface area (Å²) in [5.41, 5.74) is 0. The van der Waals surface area contributed by atoms with Crippen LogP contribution in [-0.2, 0) is 9.59 Å². The summed E-state index contributed by atoms with van der Waals surface area (Å²) in [6, 6.07) is -0.602. The summed E-state index contributed by atoms with van der Waals surface area (Å²) in [5, 5.41) is 11.2. The van der Waals surface area contributed by atoms with Crippen LogP contribution in [0.3, 0.4) is 0 Å². The molecule has 1 amide bonds. The quantitative estimate of drug-likeness (QED) is 0.612. The molecule has 0 spiro atoms. The van der Waals surface area contributed by atoms with Gasteiger partial charge in [0.25, 0.3) is 0 Å². The van der Waals surface area contributed by atoms with Crippen LogP contribution in [0.5, 0.6) is 0 Å². The molecular weight excluding hydrogens is 172 g/mol. The first-order chi connectivity index (χ1) is 5.95. The summed E-state index contributed by atoms with van der Waals surface area (Å²) in [6.45, 7) is 1.94. The second-order valence-corrected chi connectivity index (χ2v) is 3.05. The molecule has 0 aliphatic rings. The number of carboxylic acids is 1. The van der Waals surface area contributed by atoms with Gasteiger partial charge in [-0.15, -0.1) is 0 Å². The molecule has 0 rings (SSSR count). The topological polar surface area (TPSA) is 69.6 Å². The Morgan fingerprint density at radius 2 is 2.00 bits per heavy atom. The fraction of sp³-hybridized carbons (Fsp3) is 0.750. The van der Waals surface area contributed by atoms with E-state index in [9.17, 15) is 9.59 Å². The van der Waals surface area contributed by atoms with E-state index >= 15 is 0 Å². The standard InChI is InChI=1S/C8H16N2O3/c1-6(8(12)13)9-5-4-7(11)10(2)3/h6,9H,4-5H2,1-3H3,(H,12,13). The minimum absolute atomic E-state index is 0.00918. The van der Waals surface area contributed by atoms with Crippen LogP contribution in [-0.4, -0.2) is 48.6 Å². The zero-order valence-corrected chi connectivity index (χ0v) is 8.20. The average Bonchev–Trinajstić information content (AvgIpc) is 2.03. The van der Waals surface area contributed by atoms with Gasteiger partial charge in [0.15, 0.2) is 0 Å². The van der Waals surface area contributed by atoms with Gasteiger partial charge in [-0.1, -0.05) is 0 Å². The molecule has 13 heavy (non-hydrogen) atoms. The van der Waals surface area contributed by atoms with Crippen molar-refractivity contribution in [1.29, 1.82) is 0 Å². The first-order valence-corrected chi connectivity index (χ1v) is 4.11. The Bertz CT molecular complexity index is 192. The van der Waals surface area contributed by atoms with E-state index in [2.05, 4.69) is 5.32 Å². The average molecular weight is 188 g/mol. The molecule has 5 nitrogen and oxygen atoms in total. The first kappa shape index (κ1) is 11.9. The van der Waals surface area contributed by atoms with Crippen LogP contribution in [0.4, 0.5) is 0 Å². The van der Waals surface area contributed by atoms with Crippen molar-refractivity contribution < 1.29 is 14.7 Å². The minimum atomic E-state index is -0.905. The van der Waals surface area contributed by atoms with Crippen molar-refractivity contribution in [3.8, 4) is 0 Å². The molecule has 0 heterocycles. The number of nitrogens with zero attached hydrogens (tertiary/aromatic N) is 1. The number of rotatable bonds is 5. The lowest BCUT2D eigenvalue weighted by Gasteiger charge is -2.12. The van der Waals surface area contributed by atoms with Gasteiger partial charge in [-0.3, -0.25) is 9.59 Å². The van der Waals surface area contributed by atoms with Gasteiger partial charge in [0.2, 0.25) is 5.91 Å². The number of amides is 1. The predicted octanol–water partition coefficient (Wildman–Crippen LogP) is -0.473. The third-order valence-corrected chi connectivity index (χ3v) is 1.66. The van der Waals surface area contributed by atoms with Gasteiger partial charge in [-0.25, -0.2) is 0 Å². The fourth-order valence-electron chi connectivity index (χ4n) is 0.707. The van der Waals surface area contributed by atoms with Crippen LogP contribution in [0.25, 0.3) is 0 Å². The number of hydrogen-bond acceptors (Lipinski definition) is 3. The highest BCUT2D eigenvalue weighted by Crippen LogP contribution is 1.87. The predicted molar refractivity (Wildman–Crippen MR) is 48.4 cm³/mol. The van der Waals surface area contributed by atoms with E-state index in [1.807, 2.05) is 0 Å². The van der Waals surface area contributed by atoms with Crippen molar-refractivity contribution in [2.75, 3.05) is 20.6 Å². The van der Waals surface area contributed by atoms with Crippen LogP contribution in [0.2, 0.25) is 0 Å². The Labute approximate surface area is 77.7 Å². The first-order valence-electron chi connectivity index (χ1n) is 4.11. The lowest BCUT2D eigenvalue weighted by molar-refractivity contribution is -0.139. The Balaban J connectivity index is 3.56. The summed E-state index contributed by atoms with van der Waals surface area (Å²) in [5.74, 6) is -0.914. The zero-order valence-electron chi connectivity index (χ0n) is 8.20. The zero-order chi connectivity index (χ0) is 10.4. The molecule has 1 atom stereocenters. The van der Waals surface area contributed by atoms with E-state index in [4.69, 9.17) is 5.11 Å². The van der Waals surface area contributed by atoms with E-state index in [0.29, 0.717) is 13.0 Å². The maximum Gasteiger partial charge on any atom is 0.320 e. The van der Waals surface area contributed by atoms with Gasteiger partial charge in [0.05, 0.1) is 0 Å². The maximum absolute atomic E-state index is 11.0. The summed E-state index contributed by atoms with van der Waals surface area (Å²) in [4.78, 5) is 22.9. The summed E-state index contributed by atoms with van der Waals surface area (Å²) >= 11 is 0. The highest BCUT2D eigenvalue weighted by Gasteiger charge is 2.10. The van der Waals surface area contributed by atoms with Crippen molar-refractivity contribution in [2.45, 2.75) is 19.4 Å². The Kier molecular flexibility index (Phi) is 5.06. The SMILES string of the molecule is CC(NCCC(=O)N(C)C)C(=O)O. The Morgan fingerprint density at radius 1 is 1.46 bits per heavy atom. The van der Waals surface area contributed by atoms with Crippen LogP contribution < -0.4 is 5.32 Å². The highest BCUT2D eigenvalue weighted by molar-refractivity contribution is 5.76. The lowest BCUT2D eigenvalue weighted by Crippen LogP contribution is -2.36. The molecule has 76 valence electrons. The molecule has 0 bridgehead atoms. The monoisotopic (exact) mass is 188 g/mol. The van der Waals surface area contributed by atoms with Crippen molar-refractivity contribution in [3.63, 3.8) is 0 Å². The van der Waals surface area contributed by atoms with E-state index in [1.54, 1.807) is 21.0 Å². The van der Waals surface area contributed by atoms with Gasteiger partial charge in [0.1, 0.15) is 6.04 Å². The smallest absolute Gasteiger partial charge is 0.320 e. The number of aliphatic carboxylic acids is 1. The second-order valence-electron chi connectivity index (χ2n) is 3.05. The third kappa shape index (κ3) is 5.19. The number of hydrogen-bond donors (Lipinski definition) is 2. The number of carbonyl (C=O) groups excluding carboxylic acids is 1. The normalized spacial score (nSPS) is 12.2. The van der Waals surface area contributed by atoms with Crippen LogP contribution in [0.15, 0.2) is 0 Å². The minimum Gasteiger partial charge on any atom is -0.480 e. The fourth-order valence-corrected chi connectivity index (χ4v) is 0.707. The largest absolute Gasteiger partial charge is 0.480 e. The van der Waals surface area contributed by atoms with Crippen molar-refractivity contribution in [3.05, 3.63) is 0 Å². The van der Waals surface area contributed by atoms with E-state index in [-0.39, 0.29) is 5.91 Å². The van der Waals surface area contributed by atoms with Crippen LogP contribution in [0.1, 0.15) is 13.3 Å². The molecule has 0 aromatic carbocycles. The van der Waals surface area contributed by atoms with Gasteiger partial charge < -0.3 is 15.3 Å². The van der Waals surface area contributed by atoms with Gasteiger partial charge >= 0.3 is 5.97 Å². The maximum atomic E-state index is 11.0.